The second-order valence-electron chi connectivity index (χ2n) is 4.75. The van der Waals surface area contributed by atoms with E-state index in [9.17, 15) is 0 Å². The SMILES string of the molecule is CNCc1c(C)nc(-c2cnc3ccsc3c2)nc1C. The highest BCUT2D eigenvalue weighted by molar-refractivity contribution is 7.17. The number of thiophene rings is 1. The Morgan fingerprint density at radius 3 is 2.65 bits per heavy atom. The summed E-state index contributed by atoms with van der Waals surface area (Å²) in [5.74, 6) is 0.752. The van der Waals surface area contributed by atoms with Crippen LogP contribution in [0, 0.1) is 13.8 Å². The molecule has 1 N–H and O–H groups in total. The largest absolute Gasteiger partial charge is 0.316 e. The van der Waals surface area contributed by atoms with E-state index in [1.807, 2.05) is 33.2 Å². The van der Waals surface area contributed by atoms with E-state index in [4.69, 9.17) is 0 Å². The summed E-state index contributed by atoms with van der Waals surface area (Å²) in [6.07, 6.45) is 1.85. The van der Waals surface area contributed by atoms with Gasteiger partial charge in [-0.1, -0.05) is 0 Å². The van der Waals surface area contributed by atoms with Gasteiger partial charge in [0.1, 0.15) is 0 Å². The standard InChI is InChI=1S/C15H16N4S/c1-9-12(8-16-3)10(2)19-15(18-9)11-6-14-13(17-7-11)4-5-20-14/h4-7,16H,8H2,1-3H3. The van der Waals surface area contributed by atoms with Gasteiger partial charge in [-0.2, -0.15) is 0 Å². The fourth-order valence-corrected chi connectivity index (χ4v) is 3.05. The van der Waals surface area contributed by atoms with Gasteiger partial charge in [0.2, 0.25) is 0 Å². The van der Waals surface area contributed by atoms with Gasteiger partial charge in [0.05, 0.1) is 10.2 Å². The Morgan fingerprint density at radius 1 is 1.20 bits per heavy atom. The molecule has 0 spiro atoms. The fourth-order valence-electron chi connectivity index (χ4n) is 2.27. The van der Waals surface area contributed by atoms with E-state index in [0.717, 1.165) is 34.8 Å². The molecule has 0 atom stereocenters. The molecule has 0 aromatic carbocycles. The van der Waals surface area contributed by atoms with Crippen LogP contribution in [0.2, 0.25) is 0 Å². The summed E-state index contributed by atoms with van der Waals surface area (Å²) in [5, 5.41) is 5.21. The molecule has 3 heterocycles. The molecular weight excluding hydrogens is 268 g/mol. The minimum atomic E-state index is 0.752. The molecule has 0 aliphatic rings. The van der Waals surface area contributed by atoms with Gasteiger partial charge in [-0.05, 0) is 38.4 Å². The molecule has 3 rings (SSSR count). The van der Waals surface area contributed by atoms with Crippen molar-refractivity contribution in [1.82, 2.24) is 20.3 Å². The fraction of sp³-hybridized carbons (Fsp3) is 0.267. The molecule has 0 fully saturated rings. The molecule has 0 bridgehead atoms. The Hall–Kier alpha value is -1.85. The Balaban J connectivity index is 2.09. The van der Waals surface area contributed by atoms with Crippen molar-refractivity contribution in [2.45, 2.75) is 20.4 Å². The van der Waals surface area contributed by atoms with Crippen molar-refractivity contribution < 1.29 is 0 Å². The zero-order chi connectivity index (χ0) is 14.1. The molecule has 0 amide bonds. The maximum Gasteiger partial charge on any atom is 0.161 e. The molecule has 0 saturated heterocycles. The summed E-state index contributed by atoms with van der Waals surface area (Å²) in [7, 11) is 1.93. The summed E-state index contributed by atoms with van der Waals surface area (Å²) >= 11 is 1.69. The van der Waals surface area contributed by atoms with Gasteiger partial charge < -0.3 is 5.32 Å². The molecule has 0 saturated carbocycles. The number of hydrogen-bond donors (Lipinski definition) is 1. The number of rotatable bonds is 3. The van der Waals surface area contributed by atoms with Crippen LogP contribution in [-0.2, 0) is 6.54 Å². The second kappa shape index (κ2) is 5.26. The summed E-state index contributed by atoms with van der Waals surface area (Å²) in [6, 6.07) is 4.14. The first-order valence-electron chi connectivity index (χ1n) is 6.51. The zero-order valence-electron chi connectivity index (χ0n) is 11.8. The van der Waals surface area contributed by atoms with Gasteiger partial charge in [0, 0.05) is 35.3 Å². The van der Waals surface area contributed by atoms with Crippen molar-refractivity contribution in [3.05, 3.63) is 40.7 Å². The molecule has 0 aliphatic carbocycles. The van der Waals surface area contributed by atoms with E-state index < -0.39 is 0 Å². The molecule has 3 aromatic rings. The van der Waals surface area contributed by atoms with E-state index >= 15 is 0 Å². The molecule has 20 heavy (non-hydrogen) atoms. The molecule has 0 unspecified atom stereocenters. The molecule has 102 valence electrons. The minimum absolute atomic E-state index is 0.752. The van der Waals surface area contributed by atoms with Crippen molar-refractivity contribution in [1.29, 1.82) is 0 Å². The lowest BCUT2D eigenvalue weighted by Crippen LogP contribution is -2.11. The summed E-state index contributed by atoms with van der Waals surface area (Å²) in [6.45, 7) is 4.85. The summed E-state index contributed by atoms with van der Waals surface area (Å²) < 4.78 is 1.17. The van der Waals surface area contributed by atoms with Crippen LogP contribution < -0.4 is 5.32 Å². The van der Waals surface area contributed by atoms with Crippen LogP contribution in [0.1, 0.15) is 17.0 Å². The quantitative estimate of drug-likeness (QED) is 0.803. The summed E-state index contributed by atoms with van der Waals surface area (Å²) in [5.41, 5.74) is 5.21. The molecule has 3 aromatic heterocycles. The molecule has 5 heteroatoms. The van der Waals surface area contributed by atoms with Gasteiger partial charge >= 0.3 is 0 Å². The number of hydrogen-bond acceptors (Lipinski definition) is 5. The number of aryl methyl sites for hydroxylation is 2. The van der Waals surface area contributed by atoms with Crippen molar-refractivity contribution in [2.24, 2.45) is 0 Å². The maximum absolute atomic E-state index is 4.63. The third-order valence-corrected chi connectivity index (χ3v) is 4.19. The van der Waals surface area contributed by atoms with Gasteiger partial charge in [-0.3, -0.25) is 4.98 Å². The third kappa shape index (κ3) is 2.30. The smallest absolute Gasteiger partial charge is 0.161 e. The van der Waals surface area contributed by atoms with Gasteiger partial charge in [-0.15, -0.1) is 11.3 Å². The average molecular weight is 284 g/mol. The summed E-state index contributed by atoms with van der Waals surface area (Å²) in [4.78, 5) is 13.7. The predicted molar refractivity (Wildman–Crippen MR) is 82.9 cm³/mol. The lowest BCUT2D eigenvalue weighted by Gasteiger charge is -2.10. The lowest BCUT2D eigenvalue weighted by atomic mass is 10.1. The van der Waals surface area contributed by atoms with Crippen molar-refractivity contribution in [3.8, 4) is 11.4 Å². The maximum atomic E-state index is 4.63. The Bertz CT molecular complexity index is 740. The van der Waals surface area contributed by atoms with Gasteiger partial charge in [0.15, 0.2) is 5.82 Å². The normalized spacial score (nSPS) is 11.2. The third-order valence-electron chi connectivity index (χ3n) is 3.34. The molecular formula is C15H16N4S. The van der Waals surface area contributed by atoms with E-state index in [0.29, 0.717) is 0 Å². The molecule has 4 nitrogen and oxygen atoms in total. The predicted octanol–water partition coefficient (Wildman–Crippen LogP) is 3.09. The van der Waals surface area contributed by atoms with Crippen LogP contribution in [0.15, 0.2) is 23.7 Å². The van der Waals surface area contributed by atoms with Gasteiger partial charge in [0.25, 0.3) is 0 Å². The zero-order valence-corrected chi connectivity index (χ0v) is 12.6. The highest BCUT2D eigenvalue weighted by Crippen LogP contribution is 2.25. The van der Waals surface area contributed by atoms with Crippen LogP contribution in [0.5, 0.6) is 0 Å². The number of aromatic nitrogens is 3. The van der Waals surface area contributed by atoms with Crippen molar-refractivity contribution >= 4 is 21.6 Å². The van der Waals surface area contributed by atoms with Crippen molar-refractivity contribution in [2.75, 3.05) is 7.05 Å². The first-order chi connectivity index (χ1) is 9.69. The highest BCUT2D eigenvalue weighted by Gasteiger charge is 2.10. The van der Waals surface area contributed by atoms with Crippen LogP contribution in [-0.4, -0.2) is 22.0 Å². The van der Waals surface area contributed by atoms with Crippen LogP contribution in [0.3, 0.4) is 0 Å². The van der Waals surface area contributed by atoms with E-state index in [1.54, 1.807) is 11.3 Å². The Kier molecular flexibility index (Phi) is 3.46. The van der Waals surface area contributed by atoms with E-state index in [1.165, 1.54) is 10.3 Å². The van der Waals surface area contributed by atoms with Crippen LogP contribution in [0.4, 0.5) is 0 Å². The molecule has 0 radical (unpaired) electrons. The number of pyridine rings is 1. The highest BCUT2D eigenvalue weighted by atomic mass is 32.1. The minimum Gasteiger partial charge on any atom is -0.316 e. The Labute approximate surface area is 121 Å². The molecule has 0 aliphatic heterocycles. The topological polar surface area (TPSA) is 50.7 Å². The lowest BCUT2D eigenvalue weighted by molar-refractivity contribution is 0.787. The first-order valence-corrected chi connectivity index (χ1v) is 7.39. The van der Waals surface area contributed by atoms with E-state index in [-0.39, 0.29) is 0 Å². The number of fused-ring (bicyclic) bond motifs is 1. The van der Waals surface area contributed by atoms with Crippen LogP contribution in [0.25, 0.3) is 21.6 Å². The number of nitrogens with one attached hydrogen (secondary N) is 1. The van der Waals surface area contributed by atoms with E-state index in [2.05, 4.69) is 31.7 Å². The van der Waals surface area contributed by atoms with Gasteiger partial charge in [-0.25, -0.2) is 9.97 Å². The average Bonchev–Trinajstić information content (AvgIpc) is 2.90. The second-order valence-corrected chi connectivity index (χ2v) is 5.70. The Morgan fingerprint density at radius 2 is 1.95 bits per heavy atom. The van der Waals surface area contributed by atoms with Crippen LogP contribution >= 0.6 is 11.3 Å². The monoisotopic (exact) mass is 284 g/mol. The first kappa shape index (κ1) is 13.1. The van der Waals surface area contributed by atoms with Crippen molar-refractivity contribution in [3.63, 3.8) is 0 Å². The number of nitrogens with zero attached hydrogens (tertiary/aromatic N) is 3.